The molecule has 9 heteroatoms. The van der Waals surface area contributed by atoms with Crippen LogP contribution in [0.2, 0.25) is 0 Å². The average Bonchev–Trinajstić information content (AvgIpc) is 2.89. The molecule has 0 bridgehead atoms. The van der Waals surface area contributed by atoms with Crippen LogP contribution in [0, 0.1) is 5.41 Å². The highest BCUT2D eigenvalue weighted by Crippen LogP contribution is 2.29. The molecule has 162 valence electrons. The third-order valence-electron chi connectivity index (χ3n) is 4.14. The monoisotopic (exact) mass is 440 g/mol. The van der Waals surface area contributed by atoms with Crippen LogP contribution in [0.3, 0.4) is 0 Å². The number of hydrogen-bond donors (Lipinski definition) is 1. The lowest BCUT2D eigenvalue weighted by atomic mass is 9.91. The number of benzene rings is 1. The molecule has 0 unspecified atom stereocenters. The summed E-state index contributed by atoms with van der Waals surface area (Å²) in [5, 5.41) is 2.60. The number of aromatic nitrogens is 1. The van der Waals surface area contributed by atoms with Gasteiger partial charge in [-0.15, -0.1) is 11.3 Å². The van der Waals surface area contributed by atoms with Gasteiger partial charge in [-0.3, -0.25) is 19.0 Å². The van der Waals surface area contributed by atoms with Crippen LogP contribution in [0.4, 0.5) is 13.2 Å². The van der Waals surface area contributed by atoms with E-state index in [2.05, 4.69) is 5.32 Å². The Hall–Kier alpha value is -2.68. The number of Topliss-reactive ketones (excluding diaryl/α,β-unsaturated/α-hetero) is 1. The highest BCUT2D eigenvalue weighted by Gasteiger charge is 2.29. The number of nitrogens with one attached hydrogen (secondary N) is 1. The second kappa shape index (κ2) is 8.99. The van der Waals surface area contributed by atoms with Crippen molar-refractivity contribution in [2.75, 3.05) is 6.54 Å². The average molecular weight is 440 g/mol. The van der Waals surface area contributed by atoms with Crippen molar-refractivity contribution in [1.29, 1.82) is 0 Å². The van der Waals surface area contributed by atoms with E-state index in [1.807, 2.05) is 0 Å². The number of ketones is 1. The van der Waals surface area contributed by atoms with Crippen molar-refractivity contribution in [3.8, 4) is 0 Å². The van der Waals surface area contributed by atoms with Gasteiger partial charge in [-0.05, 0) is 30.7 Å². The van der Waals surface area contributed by atoms with Crippen LogP contribution >= 0.6 is 11.3 Å². The largest absolute Gasteiger partial charge is 0.416 e. The van der Waals surface area contributed by atoms with Crippen molar-refractivity contribution in [3.63, 3.8) is 0 Å². The number of carbonyl (C=O) groups is 2. The van der Waals surface area contributed by atoms with Gasteiger partial charge in [0.15, 0.2) is 5.78 Å². The minimum atomic E-state index is -4.45. The molecule has 2 rings (SSSR count). The summed E-state index contributed by atoms with van der Waals surface area (Å²) in [5.41, 5.74) is -1.54. The molecule has 1 aromatic carbocycles. The quantitative estimate of drug-likeness (QED) is 0.776. The first-order chi connectivity index (χ1) is 13.8. The van der Waals surface area contributed by atoms with E-state index in [-0.39, 0.29) is 22.8 Å². The Morgan fingerprint density at radius 1 is 1.13 bits per heavy atom. The molecule has 0 saturated heterocycles. The van der Waals surface area contributed by atoms with Crippen LogP contribution in [0.1, 0.15) is 38.8 Å². The molecule has 1 N–H and O–H groups in total. The number of halogens is 3. The van der Waals surface area contributed by atoms with E-state index >= 15 is 0 Å². The van der Waals surface area contributed by atoms with E-state index in [1.165, 1.54) is 28.9 Å². The first-order valence-electron chi connectivity index (χ1n) is 9.24. The number of likely N-dealkylation sites (N-methyl/N-ethyl adjacent to an activating group) is 1. The fraction of sp³-hybridized carbons (Fsp3) is 0.381. The maximum absolute atomic E-state index is 12.8. The van der Waals surface area contributed by atoms with Gasteiger partial charge in [0.25, 0.3) is 5.56 Å². The SMILES string of the molecule is CCNC(=O)Cn1c(=O)/c(=C/c2ccc(C(F)(F)F)cc2)s/c1=C/C(=O)C(C)(C)C. The molecule has 30 heavy (non-hydrogen) atoms. The molecule has 1 heterocycles. The molecule has 2 aromatic rings. The topological polar surface area (TPSA) is 68.2 Å². The minimum Gasteiger partial charge on any atom is -0.355 e. The molecule has 0 radical (unpaired) electrons. The minimum absolute atomic E-state index is 0.213. The Balaban J connectivity index is 2.60. The van der Waals surface area contributed by atoms with E-state index in [9.17, 15) is 27.6 Å². The van der Waals surface area contributed by atoms with Crippen LogP contribution in [0.5, 0.6) is 0 Å². The Bertz CT molecular complexity index is 1100. The zero-order chi connectivity index (χ0) is 22.7. The van der Waals surface area contributed by atoms with Crippen molar-refractivity contribution >= 4 is 35.2 Å². The van der Waals surface area contributed by atoms with Crippen molar-refractivity contribution < 1.29 is 22.8 Å². The summed E-state index contributed by atoms with van der Waals surface area (Å²) in [6.45, 7) is 7.09. The highest BCUT2D eigenvalue weighted by molar-refractivity contribution is 7.07. The summed E-state index contributed by atoms with van der Waals surface area (Å²) >= 11 is 1.01. The van der Waals surface area contributed by atoms with Gasteiger partial charge in [0.05, 0.1) is 10.1 Å². The lowest BCUT2D eigenvalue weighted by Gasteiger charge is -2.12. The van der Waals surface area contributed by atoms with Crippen LogP contribution in [0.15, 0.2) is 29.1 Å². The van der Waals surface area contributed by atoms with Crippen LogP contribution in [0.25, 0.3) is 12.2 Å². The van der Waals surface area contributed by atoms with Gasteiger partial charge < -0.3 is 5.32 Å². The lowest BCUT2D eigenvalue weighted by Crippen LogP contribution is -2.38. The fourth-order valence-electron chi connectivity index (χ4n) is 2.44. The van der Waals surface area contributed by atoms with Crippen LogP contribution in [-0.2, 0) is 22.3 Å². The smallest absolute Gasteiger partial charge is 0.355 e. The molecule has 0 aliphatic carbocycles. The predicted octanol–water partition coefficient (Wildman–Crippen LogP) is 2.29. The van der Waals surface area contributed by atoms with Gasteiger partial charge in [0, 0.05) is 18.0 Å². The summed E-state index contributed by atoms with van der Waals surface area (Å²) in [7, 11) is 0. The van der Waals surface area contributed by atoms with Gasteiger partial charge in [0.1, 0.15) is 11.2 Å². The fourth-order valence-corrected chi connectivity index (χ4v) is 3.48. The first-order valence-corrected chi connectivity index (χ1v) is 10.1. The number of nitrogens with zero attached hydrogens (tertiary/aromatic N) is 1. The standard InChI is InChI=1S/C21H23F3N2O3S/c1-5-25-17(28)12-26-18(11-16(27)20(2,3)4)30-15(19(26)29)10-13-6-8-14(9-7-13)21(22,23)24/h6-11H,5,12H2,1-4H3,(H,25,28)/b15-10-,18-11+. The Morgan fingerprint density at radius 2 is 1.73 bits per heavy atom. The molecule has 5 nitrogen and oxygen atoms in total. The van der Waals surface area contributed by atoms with Gasteiger partial charge >= 0.3 is 6.18 Å². The molecule has 0 saturated carbocycles. The Labute approximate surface area is 175 Å². The van der Waals surface area contributed by atoms with Crippen molar-refractivity contribution in [2.24, 2.45) is 5.41 Å². The maximum atomic E-state index is 12.8. The summed E-state index contributed by atoms with van der Waals surface area (Å²) in [5.74, 6) is -0.592. The zero-order valence-corrected chi connectivity index (χ0v) is 17.9. The van der Waals surface area contributed by atoms with E-state index in [0.717, 1.165) is 23.5 Å². The molecule has 0 aliphatic rings. The predicted molar refractivity (Wildman–Crippen MR) is 110 cm³/mol. The van der Waals surface area contributed by atoms with Crippen LogP contribution < -0.4 is 20.1 Å². The summed E-state index contributed by atoms with van der Waals surface area (Å²) in [6.07, 6.45) is -1.67. The second-order valence-corrected chi connectivity index (χ2v) is 8.73. The van der Waals surface area contributed by atoms with Gasteiger partial charge in [-0.2, -0.15) is 13.2 Å². The van der Waals surface area contributed by atoms with Crippen molar-refractivity contribution in [1.82, 2.24) is 9.88 Å². The Morgan fingerprint density at radius 3 is 2.23 bits per heavy atom. The molecule has 0 atom stereocenters. The van der Waals surface area contributed by atoms with Crippen LogP contribution in [-0.4, -0.2) is 22.8 Å². The van der Waals surface area contributed by atoms with Gasteiger partial charge in [-0.1, -0.05) is 32.9 Å². The molecule has 0 aliphatic heterocycles. The number of alkyl halides is 3. The van der Waals surface area contributed by atoms with Crippen molar-refractivity contribution in [2.45, 2.75) is 40.4 Å². The molecule has 0 fully saturated rings. The number of hydrogen-bond acceptors (Lipinski definition) is 4. The second-order valence-electron chi connectivity index (χ2n) is 7.67. The third-order valence-corrected chi connectivity index (χ3v) is 5.20. The number of amides is 1. The molecule has 1 amide bonds. The summed E-state index contributed by atoms with van der Waals surface area (Å²) in [6, 6.07) is 4.39. The lowest BCUT2D eigenvalue weighted by molar-refractivity contribution is -0.137. The van der Waals surface area contributed by atoms with Gasteiger partial charge in [-0.25, -0.2) is 0 Å². The van der Waals surface area contributed by atoms with Gasteiger partial charge in [0.2, 0.25) is 5.91 Å². The highest BCUT2D eigenvalue weighted by atomic mass is 32.1. The van der Waals surface area contributed by atoms with E-state index in [0.29, 0.717) is 16.8 Å². The zero-order valence-electron chi connectivity index (χ0n) is 17.1. The number of carbonyl (C=O) groups excluding carboxylic acids is 2. The maximum Gasteiger partial charge on any atom is 0.416 e. The van der Waals surface area contributed by atoms with E-state index in [1.54, 1.807) is 27.7 Å². The molecule has 0 spiro atoms. The number of thiazole rings is 1. The Kier molecular flexibility index (Phi) is 7.07. The molecule has 1 aromatic heterocycles. The summed E-state index contributed by atoms with van der Waals surface area (Å²) in [4.78, 5) is 37.3. The van der Waals surface area contributed by atoms with Crippen molar-refractivity contribution in [3.05, 3.63) is 54.9 Å². The van der Waals surface area contributed by atoms with E-state index < -0.39 is 22.7 Å². The third kappa shape index (κ3) is 5.91. The van der Waals surface area contributed by atoms with E-state index in [4.69, 9.17) is 0 Å². The first kappa shape index (κ1) is 23.6. The number of rotatable bonds is 5. The normalized spacial score (nSPS) is 13.6. The summed E-state index contributed by atoms with van der Waals surface area (Å²) < 4.78 is 39.9. The molecular weight excluding hydrogens is 417 g/mol. The molecular formula is C21H23F3N2O3S.